The molecule has 5 atom stereocenters. The fourth-order valence-corrected chi connectivity index (χ4v) is 5.51. The molecule has 0 amide bonds. The Balaban J connectivity index is 1.64. The van der Waals surface area contributed by atoms with Gasteiger partial charge in [-0.05, 0) is 43.8 Å². The molecule has 3 nitrogen and oxygen atoms in total. The molecular formula is C15H27NO2S. The van der Waals surface area contributed by atoms with Gasteiger partial charge >= 0.3 is 0 Å². The van der Waals surface area contributed by atoms with Gasteiger partial charge in [-0.25, -0.2) is 0 Å². The van der Waals surface area contributed by atoms with Crippen molar-refractivity contribution in [1.29, 1.82) is 0 Å². The first-order valence-electron chi connectivity index (χ1n) is 7.83. The van der Waals surface area contributed by atoms with Crippen LogP contribution in [0.2, 0.25) is 0 Å². The summed E-state index contributed by atoms with van der Waals surface area (Å²) in [5.41, 5.74) is 6.79. The van der Waals surface area contributed by atoms with E-state index in [1.165, 1.54) is 24.3 Å². The van der Waals surface area contributed by atoms with Gasteiger partial charge in [0.2, 0.25) is 0 Å². The Morgan fingerprint density at radius 2 is 2.26 bits per heavy atom. The van der Waals surface area contributed by atoms with Crippen molar-refractivity contribution >= 4 is 11.8 Å². The van der Waals surface area contributed by atoms with E-state index in [-0.39, 0.29) is 5.60 Å². The zero-order valence-corrected chi connectivity index (χ0v) is 12.8. The Hall–Kier alpha value is 0.230. The molecule has 3 aliphatic heterocycles. The van der Waals surface area contributed by atoms with E-state index in [1.54, 1.807) is 0 Å². The zero-order valence-electron chi connectivity index (χ0n) is 12.0. The third kappa shape index (κ3) is 2.82. The number of ether oxygens (including phenoxy) is 2. The van der Waals surface area contributed by atoms with Gasteiger partial charge in [0, 0.05) is 30.9 Å². The highest BCUT2D eigenvalue weighted by molar-refractivity contribution is 7.99. The molecule has 0 saturated carbocycles. The first kappa shape index (κ1) is 14.2. The first-order valence-corrected chi connectivity index (χ1v) is 8.98. The summed E-state index contributed by atoms with van der Waals surface area (Å²) < 4.78 is 11.9. The highest BCUT2D eigenvalue weighted by atomic mass is 32.2. The summed E-state index contributed by atoms with van der Waals surface area (Å²) in [5, 5.41) is 0. The van der Waals surface area contributed by atoms with Crippen LogP contribution < -0.4 is 5.73 Å². The number of rotatable bonds is 3. The second-order valence-corrected chi connectivity index (χ2v) is 7.54. The molecule has 4 heteroatoms. The minimum absolute atomic E-state index is 0.159. The molecule has 0 aromatic heterocycles. The van der Waals surface area contributed by atoms with Gasteiger partial charge in [-0.3, -0.25) is 0 Å². The van der Waals surface area contributed by atoms with Crippen molar-refractivity contribution in [2.24, 2.45) is 17.6 Å². The van der Waals surface area contributed by atoms with E-state index in [4.69, 9.17) is 15.2 Å². The molecule has 3 saturated heterocycles. The second-order valence-electron chi connectivity index (χ2n) is 6.43. The summed E-state index contributed by atoms with van der Waals surface area (Å²) in [4.78, 5) is 0. The van der Waals surface area contributed by atoms with Crippen LogP contribution in [0, 0.1) is 11.8 Å². The average Bonchev–Trinajstić information content (AvgIpc) is 3.07. The minimum atomic E-state index is 0.159. The normalized spacial score (nSPS) is 44.8. The molecular weight excluding hydrogens is 258 g/mol. The SMILES string of the molecule is CCC1OCCC1C(N)C1CCOC2(CCSC2)C1. The Morgan fingerprint density at radius 1 is 1.37 bits per heavy atom. The summed E-state index contributed by atoms with van der Waals surface area (Å²) in [5.74, 6) is 3.63. The Morgan fingerprint density at radius 3 is 3.00 bits per heavy atom. The van der Waals surface area contributed by atoms with Gasteiger partial charge in [0.1, 0.15) is 0 Å². The van der Waals surface area contributed by atoms with Crippen molar-refractivity contribution < 1.29 is 9.47 Å². The molecule has 3 aliphatic rings. The number of hydrogen-bond donors (Lipinski definition) is 1. The fraction of sp³-hybridized carbons (Fsp3) is 1.00. The van der Waals surface area contributed by atoms with Crippen LogP contribution in [0.1, 0.15) is 39.0 Å². The Bertz CT molecular complexity index is 307. The van der Waals surface area contributed by atoms with Gasteiger partial charge in [-0.1, -0.05) is 6.92 Å². The maximum atomic E-state index is 6.63. The lowest BCUT2D eigenvalue weighted by atomic mass is 9.75. The molecule has 0 radical (unpaired) electrons. The van der Waals surface area contributed by atoms with Crippen LogP contribution in [0.25, 0.3) is 0 Å². The van der Waals surface area contributed by atoms with Gasteiger partial charge in [0.25, 0.3) is 0 Å². The maximum Gasteiger partial charge on any atom is 0.0783 e. The quantitative estimate of drug-likeness (QED) is 0.865. The van der Waals surface area contributed by atoms with E-state index in [9.17, 15) is 0 Å². The van der Waals surface area contributed by atoms with E-state index in [0.717, 1.165) is 32.5 Å². The highest BCUT2D eigenvalue weighted by Crippen LogP contribution is 2.43. The third-order valence-electron chi connectivity index (χ3n) is 5.30. The van der Waals surface area contributed by atoms with E-state index < -0.39 is 0 Å². The number of nitrogens with two attached hydrogens (primary N) is 1. The lowest BCUT2D eigenvalue weighted by molar-refractivity contribution is -0.0876. The summed E-state index contributed by atoms with van der Waals surface area (Å²) in [6.07, 6.45) is 6.18. The molecule has 0 aromatic rings. The monoisotopic (exact) mass is 285 g/mol. The average molecular weight is 285 g/mol. The second kappa shape index (κ2) is 5.92. The number of thioether (sulfide) groups is 1. The van der Waals surface area contributed by atoms with E-state index >= 15 is 0 Å². The fourth-order valence-electron chi connectivity index (χ4n) is 4.13. The van der Waals surface area contributed by atoms with Crippen molar-refractivity contribution in [3.05, 3.63) is 0 Å². The van der Waals surface area contributed by atoms with Crippen LogP contribution in [-0.4, -0.2) is 42.5 Å². The highest BCUT2D eigenvalue weighted by Gasteiger charge is 2.44. The molecule has 110 valence electrons. The molecule has 19 heavy (non-hydrogen) atoms. The molecule has 0 aliphatic carbocycles. The van der Waals surface area contributed by atoms with E-state index in [1.807, 2.05) is 11.8 Å². The van der Waals surface area contributed by atoms with Gasteiger partial charge in [-0.15, -0.1) is 0 Å². The van der Waals surface area contributed by atoms with Crippen molar-refractivity contribution in [1.82, 2.24) is 0 Å². The van der Waals surface area contributed by atoms with Gasteiger partial charge < -0.3 is 15.2 Å². The molecule has 5 unspecified atom stereocenters. The molecule has 0 bridgehead atoms. The van der Waals surface area contributed by atoms with Crippen LogP contribution >= 0.6 is 11.8 Å². The zero-order chi connectivity index (χ0) is 13.3. The topological polar surface area (TPSA) is 44.5 Å². The van der Waals surface area contributed by atoms with Crippen LogP contribution in [0.3, 0.4) is 0 Å². The Labute approximate surface area is 121 Å². The Kier molecular flexibility index (Phi) is 4.42. The predicted molar refractivity (Wildman–Crippen MR) is 79.5 cm³/mol. The lowest BCUT2D eigenvalue weighted by Crippen LogP contribution is -2.49. The molecule has 1 spiro atoms. The predicted octanol–water partition coefficient (Wildman–Crippen LogP) is 2.43. The largest absolute Gasteiger partial charge is 0.378 e. The summed E-state index contributed by atoms with van der Waals surface area (Å²) in [6, 6.07) is 0.304. The van der Waals surface area contributed by atoms with Crippen molar-refractivity contribution in [3.63, 3.8) is 0 Å². The number of hydrogen-bond acceptors (Lipinski definition) is 4. The van der Waals surface area contributed by atoms with Crippen molar-refractivity contribution in [2.45, 2.75) is 56.8 Å². The standard InChI is InChI=1S/C15H27NO2S/c1-2-13-12(4-6-17-13)14(16)11-3-7-18-15(9-11)5-8-19-10-15/h11-14H,2-10,16H2,1H3. The van der Waals surface area contributed by atoms with Crippen LogP contribution in [0.5, 0.6) is 0 Å². The van der Waals surface area contributed by atoms with Crippen molar-refractivity contribution in [2.75, 3.05) is 24.7 Å². The van der Waals surface area contributed by atoms with Gasteiger partial charge in [0.05, 0.1) is 11.7 Å². The minimum Gasteiger partial charge on any atom is -0.378 e. The lowest BCUT2D eigenvalue weighted by Gasteiger charge is -2.42. The summed E-state index contributed by atoms with van der Waals surface area (Å²) >= 11 is 2.04. The van der Waals surface area contributed by atoms with Crippen LogP contribution in [-0.2, 0) is 9.47 Å². The maximum absolute atomic E-state index is 6.63. The van der Waals surface area contributed by atoms with Gasteiger partial charge in [0.15, 0.2) is 0 Å². The molecule has 3 fully saturated rings. The molecule has 0 aromatic carbocycles. The summed E-state index contributed by atoms with van der Waals surface area (Å²) in [6.45, 7) is 4.03. The molecule has 3 heterocycles. The molecule has 3 rings (SSSR count). The van der Waals surface area contributed by atoms with Crippen LogP contribution in [0.15, 0.2) is 0 Å². The first-order chi connectivity index (χ1) is 9.24. The summed E-state index contributed by atoms with van der Waals surface area (Å²) in [7, 11) is 0. The van der Waals surface area contributed by atoms with Gasteiger partial charge in [-0.2, -0.15) is 11.8 Å². The molecule has 2 N–H and O–H groups in total. The van der Waals surface area contributed by atoms with E-state index in [2.05, 4.69) is 6.92 Å². The van der Waals surface area contributed by atoms with Crippen LogP contribution in [0.4, 0.5) is 0 Å². The third-order valence-corrected chi connectivity index (χ3v) is 6.52. The van der Waals surface area contributed by atoms with E-state index in [0.29, 0.717) is 24.0 Å². The smallest absolute Gasteiger partial charge is 0.0783 e. The van der Waals surface area contributed by atoms with Crippen molar-refractivity contribution in [3.8, 4) is 0 Å².